The molecule has 0 atom stereocenters. The zero-order valence-corrected chi connectivity index (χ0v) is 13.1. The number of unbranched alkanes of at least 4 members (excludes halogenated alkanes) is 1. The lowest BCUT2D eigenvalue weighted by atomic mass is 10.2. The molecule has 3 nitrogen and oxygen atoms in total. The van der Waals surface area contributed by atoms with E-state index in [4.69, 9.17) is 11.6 Å². The first-order valence-electron chi connectivity index (χ1n) is 6.64. The van der Waals surface area contributed by atoms with Gasteiger partial charge in [0, 0.05) is 12.1 Å². The van der Waals surface area contributed by atoms with E-state index in [9.17, 15) is 4.79 Å². The Bertz CT molecular complexity index is 610. The minimum atomic E-state index is -0.0493. The maximum Gasteiger partial charge on any atom is 0.263 e. The number of thiazole rings is 1. The van der Waals surface area contributed by atoms with Crippen molar-refractivity contribution in [3.63, 3.8) is 0 Å². The molecule has 0 unspecified atom stereocenters. The fourth-order valence-corrected chi connectivity index (χ4v) is 3.12. The van der Waals surface area contributed by atoms with E-state index in [0.717, 1.165) is 29.1 Å². The maximum atomic E-state index is 12.1. The largest absolute Gasteiger partial charge is 0.351 e. The van der Waals surface area contributed by atoms with Crippen LogP contribution in [0.2, 0.25) is 5.02 Å². The highest BCUT2D eigenvalue weighted by molar-refractivity contribution is 7.17. The summed E-state index contributed by atoms with van der Waals surface area (Å²) in [6, 6.07) is 7.54. The van der Waals surface area contributed by atoms with Crippen molar-refractivity contribution in [1.29, 1.82) is 0 Å². The highest BCUT2D eigenvalue weighted by Gasteiger charge is 2.16. The third-order valence-corrected chi connectivity index (χ3v) is 4.44. The summed E-state index contributed by atoms with van der Waals surface area (Å²) in [5.74, 6) is -0.0493. The van der Waals surface area contributed by atoms with Gasteiger partial charge in [0.2, 0.25) is 0 Å². The predicted molar refractivity (Wildman–Crippen MR) is 84.5 cm³/mol. The summed E-state index contributed by atoms with van der Waals surface area (Å²) < 4.78 is 0. The van der Waals surface area contributed by atoms with Crippen LogP contribution in [-0.2, 0) is 0 Å². The molecule has 0 fully saturated rings. The van der Waals surface area contributed by atoms with Crippen molar-refractivity contribution in [1.82, 2.24) is 10.3 Å². The zero-order chi connectivity index (χ0) is 14.5. The minimum absolute atomic E-state index is 0.0493. The Morgan fingerprint density at radius 1 is 1.40 bits per heavy atom. The molecular weight excluding hydrogens is 292 g/mol. The van der Waals surface area contributed by atoms with Gasteiger partial charge in [0.25, 0.3) is 5.91 Å². The monoisotopic (exact) mass is 308 g/mol. The number of nitrogens with one attached hydrogen (secondary N) is 1. The lowest BCUT2D eigenvalue weighted by Gasteiger charge is -2.01. The van der Waals surface area contributed by atoms with E-state index in [-0.39, 0.29) is 5.91 Å². The van der Waals surface area contributed by atoms with Gasteiger partial charge in [0.1, 0.15) is 9.88 Å². The molecule has 5 heteroatoms. The Balaban J connectivity index is 2.22. The summed E-state index contributed by atoms with van der Waals surface area (Å²) in [4.78, 5) is 17.2. The Labute approximate surface area is 128 Å². The van der Waals surface area contributed by atoms with Crippen molar-refractivity contribution < 1.29 is 4.79 Å². The number of benzene rings is 1. The van der Waals surface area contributed by atoms with E-state index < -0.39 is 0 Å². The smallest absolute Gasteiger partial charge is 0.263 e. The van der Waals surface area contributed by atoms with Crippen LogP contribution in [0.3, 0.4) is 0 Å². The van der Waals surface area contributed by atoms with E-state index in [1.807, 2.05) is 31.2 Å². The number of carbonyl (C=O) groups is 1. The molecule has 20 heavy (non-hydrogen) atoms. The number of nitrogens with zero attached hydrogens (tertiary/aromatic N) is 1. The van der Waals surface area contributed by atoms with Crippen molar-refractivity contribution in [2.45, 2.75) is 26.7 Å². The van der Waals surface area contributed by atoms with Crippen LogP contribution in [0.1, 0.15) is 35.1 Å². The first kappa shape index (κ1) is 15.0. The lowest BCUT2D eigenvalue weighted by Crippen LogP contribution is -2.24. The number of carbonyl (C=O) groups excluding carboxylic acids is 1. The second-order valence-corrected chi connectivity index (χ2v) is 5.93. The van der Waals surface area contributed by atoms with Gasteiger partial charge >= 0.3 is 0 Å². The zero-order valence-electron chi connectivity index (χ0n) is 11.6. The molecule has 1 aromatic heterocycles. The summed E-state index contributed by atoms with van der Waals surface area (Å²) >= 11 is 7.55. The molecule has 2 rings (SSSR count). The molecule has 0 bridgehead atoms. The topological polar surface area (TPSA) is 42.0 Å². The van der Waals surface area contributed by atoms with E-state index in [2.05, 4.69) is 17.2 Å². The van der Waals surface area contributed by atoms with Crippen LogP contribution in [0.4, 0.5) is 0 Å². The van der Waals surface area contributed by atoms with Crippen LogP contribution in [0.15, 0.2) is 24.3 Å². The Hall–Kier alpha value is -1.39. The van der Waals surface area contributed by atoms with Gasteiger partial charge < -0.3 is 5.32 Å². The van der Waals surface area contributed by atoms with Crippen LogP contribution in [0, 0.1) is 6.92 Å². The maximum absolute atomic E-state index is 12.1. The average Bonchev–Trinajstić information content (AvgIpc) is 2.81. The first-order chi connectivity index (χ1) is 9.63. The number of rotatable bonds is 5. The minimum Gasteiger partial charge on any atom is -0.351 e. The fourth-order valence-electron chi connectivity index (χ4n) is 1.82. The summed E-state index contributed by atoms with van der Waals surface area (Å²) in [7, 11) is 0. The molecule has 0 radical (unpaired) electrons. The standard InChI is InChI=1S/C15H17ClN2OS/c1-3-4-9-17-14(19)13-10(2)18-15(20-13)11-7-5-6-8-12(11)16/h5-8H,3-4,9H2,1-2H3,(H,17,19). The summed E-state index contributed by atoms with van der Waals surface area (Å²) in [6.07, 6.45) is 2.05. The fraction of sp³-hybridized carbons (Fsp3) is 0.333. The molecule has 1 amide bonds. The van der Waals surface area contributed by atoms with Crippen molar-refractivity contribution in [2.24, 2.45) is 0 Å². The predicted octanol–water partition coefficient (Wildman–Crippen LogP) is 4.30. The number of hydrogen-bond donors (Lipinski definition) is 1. The van der Waals surface area contributed by atoms with Gasteiger partial charge in [-0.1, -0.05) is 43.1 Å². The van der Waals surface area contributed by atoms with Gasteiger partial charge in [0.05, 0.1) is 10.7 Å². The van der Waals surface area contributed by atoms with Crippen LogP contribution in [0.25, 0.3) is 10.6 Å². The molecule has 0 aliphatic carbocycles. The third kappa shape index (κ3) is 3.38. The van der Waals surface area contributed by atoms with Crippen LogP contribution < -0.4 is 5.32 Å². The Morgan fingerprint density at radius 2 is 2.15 bits per heavy atom. The quantitative estimate of drug-likeness (QED) is 0.837. The summed E-state index contributed by atoms with van der Waals surface area (Å²) in [5, 5.41) is 4.36. The molecule has 0 aliphatic heterocycles. The summed E-state index contributed by atoms with van der Waals surface area (Å²) in [5.41, 5.74) is 1.62. The number of aryl methyl sites for hydroxylation is 1. The van der Waals surface area contributed by atoms with E-state index >= 15 is 0 Å². The molecule has 106 valence electrons. The molecule has 1 heterocycles. The van der Waals surface area contributed by atoms with Crippen LogP contribution >= 0.6 is 22.9 Å². The van der Waals surface area contributed by atoms with Gasteiger partial charge in [0.15, 0.2) is 0 Å². The van der Waals surface area contributed by atoms with Crippen molar-refractivity contribution in [2.75, 3.05) is 6.54 Å². The second-order valence-electron chi connectivity index (χ2n) is 4.52. The number of aromatic nitrogens is 1. The molecule has 0 saturated heterocycles. The molecule has 2 aromatic rings. The second kappa shape index (κ2) is 6.86. The van der Waals surface area contributed by atoms with Crippen molar-refractivity contribution >= 4 is 28.8 Å². The van der Waals surface area contributed by atoms with Gasteiger partial charge in [-0.2, -0.15) is 0 Å². The highest BCUT2D eigenvalue weighted by atomic mass is 35.5. The average molecular weight is 309 g/mol. The third-order valence-electron chi connectivity index (χ3n) is 2.92. The number of hydrogen-bond acceptors (Lipinski definition) is 3. The van der Waals surface area contributed by atoms with E-state index in [1.54, 1.807) is 0 Å². The molecule has 1 N–H and O–H groups in total. The van der Waals surface area contributed by atoms with Crippen molar-refractivity contribution in [3.8, 4) is 10.6 Å². The normalized spacial score (nSPS) is 10.6. The van der Waals surface area contributed by atoms with Crippen LogP contribution in [0.5, 0.6) is 0 Å². The molecular formula is C15H17ClN2OS. The highest BCUT2D eigenvalue weighted by Crippen LogP contribution is 2.32. The molecule has 0 saturated carbocycles. The molecule has 1 aromatic carbocycles. The Morgan fingerprint density at radius 3 is 2.85 bits per heavy atom. The van der Waals surface area contributed by atoms with E-state index in [1.165, 1.54) is 11.3 Å². The van der Waals surface area contributed by atoms with Gasteiger partial charge in [-0.3, -0.25) is 4.79 Å². The van der Waals surface area contributed by atoms with Gasteiger partial charge in [-0.15, -0.1) is 11.3 Å². The lowest BCUT2D eigenvalue weighted by molar-refractivity contribution is 0.0956. The van der Waals surface area contributed by atoms with Gasteiger partial charge in [-0.25, -0.2) is 4.98 Å². The summed E-state index contributed by atoms with van der Waals surface area (Å²) in [6.45, 7) is 4.65. The SMILES string of the molecule is CCCCNC(=O)c1sc(-c2ccccc2Cl)nc1C. The Kier molecular flexibility index (Phi) is 5.15. The number of amides is 1. The van der Waals surface area contributed by atoms with Crippen LogP contribution in [-0.4, -0.2) is 17.4 Å². The van der Waals surface area contributed by atoms with E-state index in [0.29, 0.717) is 16.4 Å². The number of halogens is 1. The van der Waals surface area contributed by atoms with Crippen molar-refractivity contribution in [3.05, 3.63) is 39.9 Å². The first-order valence-corrected chi connectivity index (χ1v) is 7.83. The molecule has 0 aliphatic rings. The van der Waals surface area contributed by atoms with Gasteiger partial charge in [-0.05, 0) is 19.4 Å². The molecule has 0 spiro atoms.